The van der Waals surface area contributed by atoms with Crippen molar-refractivity contribution in [2.75, 3.05) is 26.6 Å². The summed E-state index contributed by atoms with van der Waals surface area (Å²) in [5, 5.41) is 12.5. The maximum absolute atomic E-state index is 12.5. The largest absolute Gasteiger partial charge is 0.497 e. The van der Waals surface area contributed by atoms with Gasteiger partial charge in [0.05, 0.1) is 33.3 Å². The number of hydrogen-bond donors (Lipinski definition) is 1. The fraction of sp³-hybridized carbons (Fsp3) is 0.375. The van der Waals surface area contributed by atoms with Gasteiger partial charge in [-0.1, -0.05) is 23.9 Å². The third-order valence-corrected chi connectivity index (χ3v) is 5.92. The molecule has 1 heterocycles. The highest BCUT2D eigenvalue weighted by Crippen LogP contribution is 2.22. The number of carbonyl (C=O) groups is 1. The number of hydrogen-bond acceptors (Lipinski definition) is 7. The topological polar surface area (TPSA) is 87.5 Å². The molecule has 0 aliphatic heterocycles. The molecule has 176 valence electrons. The fourth-order valence-corrected chi connectivity index (χ4v) is 4.10. The van der Waals surface area contributed by atoms with Crippen LogP contribution in [0.3, 0.4) is 0 Å². The van der Waals surface area contributed by atoms with Crippen LogP contribution in [0.25, 0.3) is 0 Å². The molecular weight excluding hydrogens is 440 g/mol. The number of nitrogens with zero attached hydrogens (tertiary/aromatic N) is 3. The van der Waals surface area contributed by atoms with Crippen molar-refractivity contribution < 1.29 is 19.0 Å². The summed E-state index contributed by atoms with van der Waals surface area (Å²) in [7, 11) is 3.26. The van der Waals surface area contributed by atoms with Crippen LogP contribution in [-0.4, -0.2) is 47.3 Å². The minimum atomic E-state index is -0.256. The van der Waals surface area contributed by atoms with Crippen LogP contribution < -0.4 is 19.5 Å². The SMILES string of the molecule is CCn1c(SCCOc2ccc(OC)cc2)nnc1C(C)NC(=O)Cc1ccc(OC)cc1. The van der Waals surface area contributed by atoms with E-state index in [1.807, 2.05) is 66.9 Å². The van der Waals surface area contributed by atoms with E-state index in [1.54, 1.807) is 26.0 Å². The van der Waals surface area contributed by atoms with E-state index < -0.39 is 0 Å². The Morgan fingerprint density at radius 2 is 1.61 bits per heavy atom. The molecule has 1 N–H and O–H groups in total. The molecule has 1 unspecified atom stereocenters. The van der Waals surface area contributed by atoms with Crippen LogP contribution in [-0.2, 0) is 17.8 Å². The van der Waals surface area contributed by atoms with Crippen molar-refractivity contribution in [1.82, 2.24) is 20.1 Å². The van der Waals surface area contributed by atoms with Gasteiger partial charge in [-0.2, -0.15) is 0 Å². The number of nitrogens with one attached hydrogen (secondary N) is 1. The molecule has 0 fully saturated rings. The van der Waals surface area contributed by atoms with Crippen LogP contribution in [0.15, 0.2) is 53.7 Å². The number of thioether (sulfide) groups is 1. The van der Waals surface area contributed by atoms with Crippen molar-refractivity contribution >= 4 is 17.7 Å². The second-order valence-electron chi connectivity index (χ2n) is 7.27. The zero-order valence-electron chi connectivity index (χ0n) is 19.4. The van der Waals surface area contributed by atoms with Gasteiger partial charge in [-0.05, 0) is 55.8 Å². The van der Waals surface area contributed by atoms with E-state index in [4.69, 9.17) is 14.2 Å². The number of methoxy groups -OCH3 is 2. The van der Waals surface area contributed by atoms with Crippen LogP contribution in [0.2, 0.25) is 0 Å². The van der Waals surface area contributed by atoms with Gasteiger partial charge < -0.3 is 24.1 Å². The Morgan fingerprint density at radius 3 is 2.21 bits per heavy atom. The fourth-order valence-electron chi connectivity index (χ4n) is 3.27. The van der Waals surface area contributed by atoms with Crippen molar-refractivity contribution in [3.63, 3.8) is 0 Å². The molecule has 1 amide bonds. The van der Waals surface area contributed by atoms with E-state index in [0.717, 1.165) is 39.5 Å². The second kappa shape index (κ2) is 12.2. The highest BCUT2D eigenvalue weighted by Gasteiger charge is 2.19. The van der Waals surface area contributed by atoms with Crippen molar-refractivity contribution in [3.8, 4) is 17.2 Å². The van der Waals surface area contributed by atoms with Gasteiger partial charge in [0, 0.05) is 12.3 Å². The average Bonchev–Trinajstić information content (AvgIpc) is 3.25. The molecule has 3 rings (SSSR count). The number of ether oxygens (including phenoxy) is 3. The maximum Gasteiger partial charge on any atom is 0.224 e. The summed E-state index contributed by atoms with van der Waals surface area (Å²) in [6, 6.07) is 14.7. The van der Waals surface area contributed by atoms with E-state index >= 15 is 0 Å². The molecule has 0 saturated heterocycles. The quantitative estimate of drug-likeness (QED) is 0.317. The van der Waals surface area contributed by atoms with Crippen molar-refractivity contribution in [2.45, 2.75) is 38.0 Å². The Labute approximate surface area is 198 Å². The molecule has 0 radical (unpaired) electrons. The van der Waals surface area contributed by atoms with Gasteiger partial charge >= 0.3 is 0 Å². The van der Waals surface area contributed by atoms with Gasteiger partial charge in [-0.25, -0.2) is 0 Å². The molecule has 3 aromatic rings. The summed E-state index contributed by atoms with van der Waals surface area (Å²) in [5.41, 5.74) is 0.922. The lowest BCUT2D eigenvalue weighted by molar-refractivity contribution is -0.121. The summed E-state index contributed by atoms with van der Waals surface area (Å²) >= 11 is 1.58. The van der Waals surface area contributed by atoms with Gasteiger partial charge in [-0.15, -0.1) is 10.2 Å². The van der Waals surface area contributed by atoms with Gasteiger partial charge in [-0.3, -0.25) is 4.79 Å². The number of aromatic nitrogens is 3. The minimum Gasteiger partial charge on any atom is -0.497 e. The second-order valence-corrected chi connectivity index (χ2v) is 8.33. The summed E-state index contributed by atoms with van der Waals surface area (Å²) in [4.78, 5) is 12.5. The number of amides is 1. The molecule has 1 atom stereocenters. The highest BCUT2D eigenvalue weighted by atomic mass is 32.2. The minimum absolute atomic E-state index is 0.0691. The van der Waals surface area contributed by atoms with E-state index in [-0.39, 0.29) is 11.9 Å². The van der Waals surface area contributed by atoms with Crippen LogP contribution in [0.1, 0.15) is 31.3 Å². The predicted molar refractivity (Wildman–Crippen MR) is 128 cm³/mol. The molecule has 0 bridgehead atoms. The Morgan fingerprint density at radius 1 is 1.00 bits per heavy atom. The Bertz CT molecular complexity index is 1020. The molecule has 33 heavy (non-hydrogen) atoms. The predicted octanol–water partition coefficient (Wildman–Crippen LogP) is 3.91. The van der Waals surface area contributed by atoms with E-state index in [9.17, 15) is 4.79 Å². The standard InChI is InChI=1S/C24H30N4O4S/c1-5-28-23(17(2)25-22(29)16-18-6-8-19(30-3)9-7-18)26-27-24(28)33-15-14-32-21-12-10-20(31-4)11-13-21/h6-13,17H,5,14-16H2,1-4H3,(H,25,29). The normalized spacial score (nSPS) is 11.6. The van der Waals surface area contributed by atoms with Crippen molar-refractivity contribution in [1.29, 1.82) is 0 Å². The highest BCUT2D eigenvalue weighted by molar-refractivity contribution is 7.99. The average molecular weight is 471 g/mol. The Balaban J connectivity index is 1.50. The molecule has 9 heteroatoms. The van der Waals surface area contributed by atoms with Gasteiger partial charge in [0.2, 0.25) is 5.91 Å². The summed E-state index contributed by atoms with van der Waals surface area (Å²) < 4.78 is 18.1. The molecule has 2 aromatic carbocycles. The molecule has 0 aliphatic rings. The summed E-state index contributed by atoms with van der Waals surface area (Å²) in [5.74, 6) is 3.75. The zero-order valence-corrected chi connectivity index (χ0v) is 20.2. The first-order chi connectivity index (χ1) is 16.0. The van der Waals surface area contributed by atoms with Crippen LogP contribution >= 0.6 is 11.8 Å². The number of benzene rings is 2. The third-order valence-electron chi connectivity index (χ3n) is 4.99. The number of rotatable bonds is 12. The lowest BCUT2D eigenvalue weighted by Crippen LogP contribution is -2.30. The van der Waals surface area contributed by atoms with Crippen LogP contribution in [0.4, 0.5) is 0 Å². The maximum atomic E-state index is 12.5. The van der Waals surface area contributed by atoms with E-state index in [2.05, 4.69) is 15.5 Å². The molecule has 0 aliphatic carbocycles. The molecule has 0 saturated carbocycles. The Hall–Kier alpha value is -3.20. The van der Waals surface area contributed by atoms with Gasteiger partial charge in [0.25, 0.3) is 0 Å². The van der Waals surface area contributed by atoms with Crippen molar-refractivity contribution in [2.24, 2.45) is 0 Å². The first kappa shape index (κ1) is 24.4. The van der Waals surface area contributed by atoms with Gasteiger partial charge in [0.15, 0.2) is 11.0 Å². The summed E-state index contributed by atoms with van der Waals surface area (Å²) in [6.07, 6.45) is 0.291. The zero-order chi connectivity index (χ0) is 23.6. The van der Waals surface area contributed by atoms with Crippen LogP contribution in [0, 0.1) is 0 Å². The first-order valence-electron chi connectivity index (χ1n) is 10.8. The molecule has 1 aromatic heterocycles. The molecular formula is C24H30N4O4S. The number of carbonyl (C=O) groups excluding carboxylic acids is 1. The van der Waals surface area contributed by atoms with E-state index in [0.29, 0.717) is 19.6 Å². The Kier molecular flexibility index (Phi) is 9.00. The molecule has 8 nitrogen and oxygen atoms in total. The molecule has 0 spiro atoms. The monoisotopic (exact) mass is 470 g/mol. The summed E-state index contributed by atoms with van der Waals surface area (Å²) in [6.45, 7) is 5.21. The van der Waals surface area contributed by atoms with Crippen LogP contribution in [0.5, 0.6) is 17.2 Å². The smallest absolute Gasteiger partial charge is 0.224 e. The first-order valence-corrected chi connectivity index (χ1v) is 11.8. The lowest BCUT2D eigenvalue weighted by atomic mass is 10.1. The third kappa shape index (κ3) is 6.89. The van der Waals surface area contributed by atoms with E-state index in [1.165, 1.54) is 0 Å². The lowest BCUT2D eigenvalue weighted by Gasteiger charge is -2.15. The van der Waals surface area contributed by atoms with Gasteiger partial charge in [0.1, 0.15) is 17.2 Å². The van der Waals surface area contributed by atoms with Crippen molar-refractivity contribution in [3.05, 3.63) is 59.9 Å².